The summed E-state index contributed by atoms with van der Waals surface area (Å²) < 4.78 is 0. The molecule has 1 aromatic carbocycles. The van der Waals surface area contributed by atoms with Crippen LogP contribution in [0.5, 0.6) is 0 Å². The van der Waals surface area contributed by atoms with Crippen molar-refractivity contribution in [3.63, 3.8) is 0 Å². The molecular formula is C9H7NO2. The first kappa shape index (κ1) is 7.03. The van der Waals surface area contributed by atoms with Gasteiger partial charge >= 0.3 is 0 Å². The first-order valence-electron chi connectivity index (χ1n) is 3.72. The monoisotopic (exact) mass is 161 g/mol. The van der Waals surface area contributed by atoms with Crippen LogP contribution in [0.15, 0.2) is 30.3 Å². The number of allylic oxidation sites excluding steroid dienone is 1. The Morgan fingerprint density at radius 1 is 1.33 bits per heavy atom. The second-order valence-corrected chi connectivity index (χ2v) is 2.71. The van der Waals surface area contributed by atoms with E-state index in [0.717, 1.165) is 11.1 Å². The molecule has 0 aromatic heterocycles. The van der Waals surface area contributed by atoms with Gasteiger partial charge in [0.25, 0.3) is 5.70 Å². The molecule has 0 atom stereocenters. The molecule has 3 heteroatoms. The largest absolute Gasteiger partial charge is 0.273 e. The van der Waals surface area contributed by atoms with Crippen LogP contribution in [0.25, 0.3) is 5.70 Å². The summed E-state index contributed by atoms with van der Waals surface area (Å²) in [7, 11) is 0. The van der Waals surface area contributed by atoms with Crippen LogP contribution in [0.1, 0.15) is 11.1 Å². The highest BCUT2D eigenvalue weighted by Gasteiger charge is 2.21. The Labute approximate surface area is 69.5 Å². The van der Waals surface area contributed by atoms with Crippen molar-refractivity contribution in [3.8, 4) is 0 Å². The van der Waals surface area contributed by atoms with Crippen LogP contribution >= 0.6 is 0 Å². The van der Waals surface area contributed by atoms with E-state index in [2.05, 4.69) is 0 Å². The lowest BCUT2D eigenvalue weighted by Gasteiger charge is -1.95. The first-order chi connectivity index (χ1) is 5.79. The highest BCUT2D eigenvalue weighted by molar-refractivity contribution is 5.67. The minimum absolute atomic E-state index is 0.241. The zero-order valence-electron chi connectivity index (χ0n) is 6.36. The lowest BCUT2D eigenvalue weighted by molar-refractivity contribution is -0.375. The van der Waals surface area contributed by atoms with Crippen molar-refractivity contribution in [3.05, 3.63) is 51.6 Å². The zero-order valence-corrected chi connectivity index (χ0v) is 6.36. The predicted molar refractivity (Wildman–Crippen MR) is 45.1 cm³/mol. The highest BCUT2D eigenvalue weighted by Crippen LogP contribution is 2.26. The smallest absolute Gasteiger partial charge is 0.258 e. The molecule has 0 heterocycles. The number of fused-ring (bicyclic) bond motifs is 1. The molecule has 0 saturated carbocycles. The second-order valence-electron chi connectivity index (χ2n) is 2.71. The Kier molecular flexibility index (Phi) is 1.43. The van der Waals surface area contributed by atoms with E-state index in [-0.39, 0.29) is 10.6 Å². The topological polar surface area (TPSA) is 43.1 Å². The molecule has 12 heavy (non-hydrogen) atoms. The van der Waals surface area contributed by atoms with Gasteiger partial charge in [-0.1, -0.05) is 18.2 Å². The van der Waals surface area contributed by atoms with E-state index in [9.17, 15) is 10.1 Å². The molecule has 0 bridgehead atoms. The number of rotatable bonds is 1. The van der Waals surface area contributed by atoms with Crippen molar-refractivity contribution >= 4 is 5.70 Å². The third-order valence-electron chi connectivity index (χ3n) is 2.01. The quantitative estimate of drug-likeness (QED) is 0.466. The fourth-order valence-electron chi connectivity index (χ4n) is 1.44. The molecule has 0 saturated heterocycles. The standard InChI is InChI=1S/C9H7NO2/c11-10(12)9-6-5-7-3-1-2-4-8(7)9/h1-4,6H,5H2. The van der Waals surface area contributed by atoms with Gasteiger partial charge in [0, 0.05) is 0 Å². The van der Waals surface area contributed by atoms with Gasteiger partial charge in [0.15, 0.2) is 0 Å². The number of benzene rings is 1. The maximum atomic E-state index is 10.5. The molecule has 3 nitrogen and oxygen atoms in total. The molecule has 0 amide bonds. The normalized spacial score (nSPS) is 13.8. The lowest BCUT2D eigenvalue weighted by Crippen LogP contribution is -1.94. The fourth-order valence-corrected chi connectivity index (χ4v) is 1.44. The van der Waals surface area contributed by atoms with Crippen molar-refractivity contribution < 1.29 is 4.92 Å². The van der Waals surface area contributed by atoms with Crippen LogP contribution in [0.2, 0.25) is 0 Å². The summed E-state index contributed by atoms with van der Waals surface area (Å²) in [6.07, 6.45) is 2.34. The van der Waals surface area contributed by atoms with E-state index in [0.29, 0.717) is 6.42 Å². The van der Waals surface area contributed by atoms with Gasteiger partial charge < -0.3 is 0 Å². The molecule has 1 aromatic rings. The Balaban J connectivity index is 2.52. The first-order valence-corrected chi connectivity index (χ1v) is 3.72. The van der Waals surface area contributed by atoms with E-state index in [4.69, 9.17) is 0 Å². The van der Waals surface area contributed by atoms with Gasteiger partial charge in [0.2, 0.25) is 0 Å². The Bertz CT molecular complexity index is 369. The van der Waals surface area contributed by atoms with Crippen LogP contribution < -0.4 is 0 Å². The van der Waals surface area contributed by atoms with Gasteiger partial charge in [0.1, 0.15) is 0 Å². The van der Waals surface area contributed by atoms with Crippen molar-refractivity contribution in [2.45, 2.75) is 6.42 Å². The lowest BCUT2D eigenvalue weighted by atomic mass is 10.1. The van der Waals surface area contributed by atoms with E-state index in [1.807, 2.05) is 18.2 Å². The number of hydrogen-bond acceptors (Lipinski definition) is 2. The van der Waals surface area contributed by atoms with Crippen molar-refractivity contribution in [2.24, 2.45) is 0 Å². The maximum absolute atomic E-state index is 10.5. The van der Waals surface area contributed by atoms with Gasteiger partial charge in [-0.3, -0.25) is 10.1 Å². The van der Waals surface area contributed by atoms with Crippen molar-refractivity contribution in [1.82, 2.24) is 0 Å². The average molecular weight is 161 g/mol. The maximum Gasteiger partial charge on any atom is 0.273 e. The van der Waals surface area contributed by atoms with E-state index in [1.165, 1.54) is 0 Å². The summed E-state index contributed by atoms with van der Waals surface area (Å²) in [5.74, 6) is 0. The summed E-state index contributed by atoms with van der Waals surface area (Å²) in [5.41, 5.74) is 2.05. The molecule has 0 spiro atoms. The van der Waals surface area contributed by atoms with Crippen LogP contribution in [-0.4, -0.2) is 4.92 Å². The fraction of sp³-hybridized carbons (Fsp3) is 0.111. The summed E-state index contributed by atoms with van der Waals surface area (Å²) in [4.78, 5) is 10.2. The summed E-state index contributed by atoms with van der Waals surface area (Å²) in [6.45, 7) is 0. The number of nitro groups is 1. The minimum atomic E-state index is -0.328. The third kappa shape index (κ3) is 0.906. The highest BCUT2D eigenvalue weighted by atomic mass is 16.6. The van der Waals surface area contributed by atoms with Gasteiger partial charge in [-0.25, -0.2) is 0 Å². The van der Waals surface area contributed by atoms with Gasteiger partial charge in [-0.15, -0.1) is 0 Å². The number of hydrogen-bond donors (Lipinski definition) is 0. The molecule has 2 rings (SSSR count). The van der Waals surface area contributed by atoms with Crippen LogP contribution in [0, 0.1) is 10.1 Å². The molecular weight excluding hydrogens is 154 g/mol. The van der Waals surface area contributed by atoms with Gasteiger partial charge in [-0.2, -0.15) is 0 Å². The molecule has 0 radical (unpaired) electrons. The van der Waals surface area contributed by atoms with Crippen LogP contribution in [0.4, 0.5) is 0 Å². The summed E-state index contributed by atoms with van der Waals surface area (Å²) in [5, 5.41) is 10.5. The molecule has 0 fully saturated rings. The summed E-state index contributed by atoms with van der Waals surface area (Å²) >= 11 is 0. The van der Waals surface area contributed by atoms with E-state index in [1.54, 1.807) is 12.1 Å². The molecule has 0 aliphatic heterocycles. The second kappa shape index (κ2) is 2.44. The predicted octanol–water partition coefficient (Wildman–Crippen LogP) is 1.86. The molecule has 1 aliphatic carbocycles. The minimum Gasteiger partial charge on any atom is -0.258 e. The zero-order chi connectivity index (χ0) is 8.55. The average Bonchev–Trinajstić information content (AvgIpc) is 2.47. The van der Waals surface area contributed by atoms with E-state index < -0.39 is 0 Å². The Morgan fingerprint density at radius 3 is 2.83 bits per heavy atom. The summed E-state index contributed by atoms with van der Waals surface area (Å²) in [6, 6.07) is 7.43. The van der Waals surface area contributed by atoms with Crippen molar-refractivity contribution in [2.75, 3.05) is 0 Å². The Hall–Kier alpha value is -1.64. The molecule has 0 unspecified atom stereocenters. The number of nitrogens with zero attached hydrogens (tertiary/aromatic N) is 1. The van der Waals surface area contributed by atoms with Crippen LogP contribution in [-0.2, 0) is 6.42 Å². The van der Waals surface area contributed by atoms with Crippen LogP contribution in [0.3, 0.4) is 0 Å². The van der Waals surface area contributed by atoms with E-state index >= 15 is 0 Å². The Morgan fingerprint density at radius 2 is 2.08 bits per heavy atom. The molecule has 60 valence electrons. The third-order valence-corrected chi connectivity index (χ3v) is 2.01. The van der Waals surface area contributed by atoms with Gasteiger partial charge in [0.05, 0.1) is 10.5 Å². The van der Waals surface area contributed by atoms with Gasteiger partial charge in [-0.05, 0) is 24.1 Å². The molecule has 0 N–H and O–H groups in total. The molecule has 1 aliphatic rings. The van der Waals surface area contributed by atoms with Crippen molar-refractivity contribution in [1.29, 1.82) is 0 Å². The SMILES string of the molecule is O=[N+]([O-])C1=CCc2ccccc21.